The molecular formula is C58H50N2O6. The molecule has 0 aromatic heterocycles. The molecular weight excluding hydrogens is 821 g/mol. The van der Waals surface area contributed by atoms with Gasteiger partial charge >= 0.3 is 0 Å². The van der Waals surface area contributed by atoms with Crippen molar-refractivity contribution < 1.29 is 28.5 Å². The first-order valence-corrected chi connectivity index (χ1v) is 23.1. The lowest BCUT2D eigenvalue weighted by Crippen LogP contribution is -2.34. The van der Waals surface area contributed by atoms with E-state index in [-0.39, 0.29) is 23.3 Å². The molecule has 328 valence electrons. The van der Waals surface area contributed by atoms with Crippen molar-refractivity contribution in [2.45, 2.75) is 50.7 Å². The van der Waals surface area contributed by atoms with Crippen LogP contribution in [0.3, 0.4) is 0 Å². The van der Waals surface area contributed by atoms with Gasteiger partial charge in [-0.1, -0.05) is 134 Å². The van der Waals surface area contributed by atoms with Gasteiger partial charge in [-0.05, 0) is 126 Å². The van der Waals surface area contributed by atoms with E-state index in [0.717, 1.165) is 55.9 Å². The highest BCUT2D eigenvalue weighted by Gasteiger charge is 2.28. The SMILES string of the molecule is C=C1OCCCCCOC(C(=O)Nc2ccc3c4cccc5cccc(c6cccc2c63)c54)C(=C)OCCCCCOC1C(=O)Nc1ccc2c3cccc4cccc(c5cccc1c52)c43. The van der Waals surface area contributed by atoms with Gasteiger partial charge in [0.25, 0.3) is 11.8 Å². The van der Waals surface area contributed by atoms with E-state index < -0.39 is 12.2 Å². The van der Waals surface area contributed by atoms with Crippen LogP contribution in [-0.4, -0.2) is 50.4 Å². The zero-order chi connectivity index (χ0) is 44.7. The Labute approximate surface area is 382 Å². The summed E-state index contributed by atoms with van der Waals surface area (Å²) >= 11 is 0. The minimum Gasteiger partial charge on any atom is -0.495 e. The van der Waals surface area contributed by atoms with Gasteiger partial charge in [-0.2, -0.15) is 0 Å². The van der Waals surface area contributed by atoms with Gasteiger partial charge in [0, 0.05) is 35.4 Å². The van der Waals surface area contributed by atoms with Crippen LogP contribution in [0.25, 0.3) is 86.2 Å². The first kappa shape index (κ1) is 41.4. The number of amides is 2. The van der Waals surface area contributed by atoms with Gasteiger partial charge in [-0.15, -0.1) is 0 Å². The summed E-state index contributed by atoms with van der Waals surface area (Å²) < 4.78 is 24.7. The van der Waals surface area contributed by atoms with E-state index in [0.29, 0.717) is 63.5 Å². The van der Waals surface area contributed by atoms with Crippen LogP contribution in [0.4, 0.5) is 11.4 Å². The smallest absolute Gasteiger partial charge is 0.261 e. The number of fused-ring (bicyclic) bond motifs is 4. The van der Waals surface area contributed by atoms with Gasteiger partial charge in [-0.25, -0.2) is 0 Å². The summed E-state index contributed by atoms with van der Waals surface area (Å²) in [6.45, 7) is 9.67. The number of anilines is 2. The third-order valence-corrected chi connectivity index (χ3v) is 13.3. The van der Waals surface area contributed by atoms with E-state index in [1.807, 2.05) is 24.3 Å². The number of carbonyl (C=O) groups is 2. The Morgan fingerprint density at radius 3 is 1.09 bits per heavy atom. The fourth-order valence-electron chi connectivity index (χ4n) is 10.3. The van der Waals surface area contributed by atoms with Crippen molar-refractivity contribution >= 4 is 109 Å². The molecule has 1 aliphatic heterocycles. The number of hydrogen-bond acceptors (Lipinski definition) is 6. The van der Waals surface area contributed by atoms with Gasteiger partial charge in [0.15, 0.2) is 12.2 Å². The van der Waals surface area contributed by atoms with E-state index in [4.69, 9.17) is 18.9 Å². The number of carbonyl (C=O) groups excluding carboxylic acids is 2. The molecule has 1 saturated heterocycles. The van der Waals surface area contributed by atoms with Crippen molar-refractivity contribution in [3.63, 3.8) is 0 Å². The Hall–Kier alpha value is -7.26. The summed E-state index contributed by atoms with van der Waals surface area (Å²) in [6.07, 6.45) is 2.22. The van der Waals surface area contributed by atoms with Gasteiger partial charge in [0.1, 0.15) is 11.5 Å². The molecule has 0 saturated carbocycles. The fraction of sp³-hybridized carbons (Fsp3) is 0.207. The van der Waals surface area contributed by atoms with Crippen LogP contribution in [-0.2, 0) is 28.5 Å². The highest BCUT2D eigenvalue weighted by molar-refractivity contribution is 6.35. The maximum absolute atomic E-state index is 14.1. The Morgan fingerprint density at radius 1 is 0.379 bits per heavy atom. The van der Waals surface area contributed by atoms with Crippen LogP contribution in [0.2, 0.25) is 0 Å². The molecule has 1 heterocycles. The van der Waals surface area contributed by atoms with Gasteiger partial charge < -0.3 is 29.6 Å². The summed E-state index contributed by atoms with van der Waals surface area (Å²) in [4.78, 5) is 28.2. The van der Waals surface area contributed by atoms with Crippen LogP contribution in [0.5, 0.6) is 0 Å². The number of benzene rings is 10. The molecule has 8 nitrogen and oxygen atoms in total. The first-order chi connectivity index (χ1) is 32.4. The number of hydrogen-bond donors (Lipinski definition) is 2. The molecule has 0 spiro atoms. The van der Waals surface area contributed by atoms with Crippen LogP contribution in [0, 0.1) is 0 Å². The normalized spacial score (nSPS) is 17.7. The molecule has 0 aliphatic carbocycles. The van der Waals surface area contributed by atoms with Gasteiger partial charge in [0.2, 0.25) is 0 Å². The average Bonchev–Trinajstić information content (AvgIpc) is 3.34. The minimum atomic E-state index is -1.00. The van der Waals surface area contributed by atoms with E-state index in [2.05, 4.69) is 133 Å². The maximum Gasteiger partial charge on any atom is 0.261 e. The van der Waals surface area contributed by atoms with Crippen LogP contribution >= 0.6 is 0 Å². The monoisotopic (exact) mass is 870 g/mol. The van der Waals surface area contributed by atoms with Crippen molar-refractivity contribution in [3.8, 4) is 0 Å². The first-order valence-electron chi connectivity index (χ1n) is 23.1. The van der Waals surface area contributed by atoms with Crippen molar-refractivity contribution in [2.24, 2.45) is 0 Å². The standard InChI is InChI=1S/C58H50N2O6/c1-35-55(57(61)59-49-29-27-45-41-21-11-17-37-15-9-19-39(51(37)41)43-23-13-25-47(49)53(43)45)65-33-7-4-6-32-64-36(2)56(66-34-8-3-5-31-63-35)58(62)60-50-30-28-46-42-22-12-18-38-16-10-20-40(52(38)42)44-24-14-26-48(50)54(44)46/h9-30,55-56H,1-8,31-34H2,(H,59,61)(H,60,62). The highest BCUT2D eigenvalue weighted by Crippen LogP contribution is 2.44. The topological polar surface area (TPSA) is 95.1 Å². The van der Waals surface area contributed by atoms with E-state index in [1.165, 1.54) is 43.1 Å². The van der Waals surface area contributed by atoms with Crippen LogP contribution < -0.4 is 10.6 Å². The number of ether oxygens (including phenoxy) is 4. The van der Waals surface area contributed by atoms with Crippen molar-refractivity contribution in [1.29, 1.82) is 0 Å². The predicted molar refractivity (Wildman–Crippen MR) is 270 cm³/mol. The Bertz CT molecular complexity index is 3170. The number of rotatable bonds is 4. The molecule has 0 radical (unpaired) electrons. The summed E-state index contributed by atoms with van der Waals surface area (Å²) in [5.41, 5.74) is 1.41. The molecule has 10 aromatic rings. The largest absolute Gasteiger partial charge is 0.495 e. The fourth-order valence-corrected chi connectivity index (χ4v) is 10.3. The Kier molecular flexibility index (Phi) is 11.1. The highest BCUT2D eigenvalue weighted by atomic mass is 16.5. The van der Waals surface area contributed by atoms with E-state index >= 15 is 0 Å². The Balaban J connectivity index is 0.764. The third-order valence-electron chi connectivity index (χ3n) is 13.3. The second-order valence-corrected chi connectivity index (χ2v) is 17.4. The lowest BCUT2D eigenvalue weighted by molar-refractivity contribution is -0.128. The molecule has 1 fully saturated rings. The van der Waals surface area contributed by atoms with Gasteiger partial charge in [-0.3, -0.25) is 9.59 Å². The van der Waals surface area contributed by atoms with Crippen LogP contribution in [0.1, 0.15) is 38.5 Å². The quantitative estimate of drug-likeness (QED) is 0.135. The lowest BCUT2D eigenvalue weighted by Gasteiger charge is -2.23. The molecule has 2 amide bonds. The van der Waals surface area contributed by atoms with E-state index in [1.54, 1.807) is 0 Å². The zero-order valence-corrected chi connectivity index (χ0v) is 36.8. The second-order valence-electron chi connectivity index (χ2n) is 17.4. The second kappa shape index (κ2) is 17.6. The molecule has 2 N–H and O–H groups in total. The molecule has 1 aliphatic rings. The molecule has 2 atom stereocenters. The molecule has 8 heteroatoms. The molecule has 2 unspecified atom stereocenters. The third kappa shape index (κ3) is 7.36. The summed E-state index contributed by atoms with van der Waals surface area (Å²) in [7, 11) is 0. The summed E-state index contributed by atoms with van der Waals surface area (Å²) in [5.74, 6) is -0.128. The maximum atomic E-state index is 14.1. The zero-order valence-electron chi connectivity index (χ0n) is 36.8. The average molecular weight is 871 g/mol. The lowest BCUT2D eigenvalue weighted by atomic mass is 9.89. The number of nitrogens with one attached hydrogen (secondary N) is 2. The minimum absolute atomic E-state index is 0.268. The van der Waals surface area contributed by atoms with E-state index in [9.17, 15) is 9.59 Å². The van der Waals surface area contributed by atoms with Gasteiger partial charge in [0.05, 0.1) is 13.2 Å². The molecule has 10 aromatic carbocycles. The molecule has 11 rings (SSSR count). The summed E-state index contributed by atoms with van der Waals surface area (Å²) in [6, 6.07) is 46.4. The Morgan fingerprint density at radius 2 is 0.697 bits per heavy atom. The van der Waals surface area contributed by atoms with Crippen molar-refractivity contribution in [2.75, 3.05) is 37.1 Å². The predicted octanol–water partition coefficient (Wildman–Crippen LogP) is 13.6. The molecule has 0 bridgehead atoms. The molecule has 66 heavy (non-hydrogen) atoms. The van der Waals surface area contributed by atoms with Crippen LogP contribution in [0.15, 0.2) is 158 Å². The summed E-state index contributed by atoms with van der Waals surface area (Å²) in [5, 5.41) is 24.8. The van der Waals surface area contributed by atoms with Crippen molar-refractivity contribution in [3.05, 3.63) is 158 Å². The van der Waals surface area contributed by atoms with Crippen molar-refractivity contribution in [1.82, 2.24) is 0 Å².